The minimum atomic E-state index is -0.596. The summed E-state index contributed by atoms with van der Waals surface area (Å²) in [4.78, 5) is 24.9. The summed E-state index contributed by atoms with van der Waals surface area (Å²) in [7, 11) is 4.53. The van der Waals surface area contributed by atoms with Gasteiger partial charge < -0.3 is 24.8 Å². The summed E-state index contributed by atoms with van der Waals surface area (Å²) in [6, 6.07) is 4.07. The van der Waals surface area contributed by atoms with Crippen LogP contribution in [0.2, 0.25) is 0 Å². The highest BCUT2D eigenvalue weighted by Gasteiger charge is 2.34. The maximum Gasteiger partial charge on any atom is 0.259 e. The third-order valence-corrected chi connectivity index (χ3v) is 3.84. The Balaban J connectivity index is 2.08. The normalized spacial score (nSPS) is 19.3. The van der Waals surface area contributed by atoms with Crippen LogP contribution in [-0.2, 0) is 9.53 Å². The molecule has 2 atom stereocenters. The number of nitrogens with one attached hydrogen (secondary N) is 4. The van der Waals surface area contributed by atoms with Gasteiger partial charge >= 0.3 is 0 Å². The molecule has 1 heterocycles. The van der Waals surface area contributed by atoms with E-state index in [0.29, 0.717) is 31.2 Å². The lowest BCUT2D eigenvalue weighted by molar-refractivity contribution is -0.123. The van der Waals surface area contributed by atoms with Crippen molar-refractivity contribution in [2.75, 3.05) is 41.0 Å². The lowest BCUT2D eigenvalue weighted by Crippen LogP contribution is -2.53. The van der Waals surface area contributed by atoms with Crippen LogP contribution < -0.4 is 31.0 Å². The quantitative estimate of drug-likeness (QED) is 0.446. The van der Waals surface area contributed by atoms with Gasteiger partial charge in [0.25, 0.3) is 5.91 Å². The van der Waals surface area contributed by atoms with E-state index in [1.54, 1.807) is 25.3 Å². The van der Waals surface area contributed by atoms with Crippen molar-refractivity contribution in [2.24, 2.45) is 0 Å². The number of hydrogen-bond donors (Lipinski definition) is 4. The van der Waals surface area contributed by atoms with Gasteiger partial charge in [-0.1, -0.05) is 6.07 Å². The number of hydrogen-bond acceptors (Lipinski definition) is 7. The topological polar surface area (TPSA) is 110 Å². The molecule has 9 heteroatoms. The summed E-state index contributed by atoms with van der Waals surface area (Å²) in [5.74, 6) is 0.201. The largest absolute Gasteiger partial charge is 0.496 e. The number of carbonyl (C=O) groups is 2. The molecule has 0 aliphatic carbocycles. The van der Waals surface area contributed by atoms with Crippen molar-refractivity contribution in [3.63, 3.8) is 0 Å². The van der Waals surface area contributed by atoms with Crippen molar-refractivity contribution in [1.82, 2.24) is 21.5 Å². The van der Waals surface area contributed by atoms with Gasteiger partial charge in [0, 0.05) is 20.2 Å². The molecular formula is C16H24N4O5. The number of amides is 2. The first-order chi connectivity index (χ1) is 12.1. The van der Waals surface area contributed by atoms with Crippen LogP contribution in [0, 0.1) is 0 Å². The molecule has 1 saturated heterocycles. The second kappa shape index (κ2) is 9.21. The van der Waals surface area contributed by atoms with E-state index in [1.807, 2.05) is 0 Å². The van der Waals surface area contributed by atoms with Gasteiger partial charge in [0.1, 0.15) is 23.1 Å². The van der Waals surface area contributed by atoms with Crippen molar-refractivity contribution in [2.45, 2.75) is 12.1 Å². The molecular weight excluding hydrogens is 328 g/mol. The maximum atomic E-state index is 12.7. The molecule has 138 valence electrons. The van der Waals surface area contributed by atoms with Crippen LogP contribution in [0.5, 0.6) is 11.5 Å². The first-order valence-corrected chi connectivity index (χ1v) is 7.89. The molecule has 4 N–H and O–H groups in total. The Kier molecular flexibility index (Phi) is 6.99. The zero-order chi connectivity index (χ0) is 18.2. The van der Waals surface area contributed by atoms with Crippen molar-refractivity contribution in [3.8, 4) is 11.5 Å². The number of hydrazine groups is 1. The van der Waals surface area contributed by atoms with E-state index in [4.69, 9.17) is 14.2 Å². The van der Waals surface area contributed by atoms with Crippen LogP contribution in [0.3, 0.4) is 0 Å². The zero-order valence-corrected chi connectivity index (χ0v) is 14.5. The average Bonchev–Trinajstić information content (AvgIpc) is 3.09. The molecule has 0 aromatic heterocycles. The Morgan fingerprint density at radius 1 is 1.20 bits per heavy atom. The van der Waals surface area contributed by atoms with Crippen molar-refractivity contribution < 1.29 is 23.8 Å². The number of benzene rings is 1. The van der Waals surface area contributed by atoms with E-state index in [-0.39, 0.29) is 17.4 Å². The van der Waals surface area contributed by atoms with Gasteiger partial charge in [-0.3, -0.25) is 15.0 Å². The standard InChI is InChI=1S/C16H24N4O5/c1-23-8-7-17-16(22)14-10(9-18-20-14)19-15(21)13-11(24-2)5-4-6-12(13)25-3/h4-6,10,14,18,20H,7-9H2,1-3H3,(H,17,22)(H,19,21). The monoisotopic (exact) mass is 352 g/mol. The summed E-state index contributed by atoms with van der Waals surface area (Å²) in [5, 5.41) is 5.60. The fourth-order valence-electron chi connectivity index (χ4n) is 2.58. The fraction of sp³-hybridized carbons (Fsp3) is 0.500. The summed E-state index contributed by atoms with van der Waals surface area (Å²) < 4.78 is 15.4. The number of rotatable bonds is 8. The Hall–Kier alpha value is -2.36. The van der Waals surface area contributed by atoms with E-state index in [2.05, 4.69) is 21.5 Å². The minimum Gasteiger partial charge on any atom is -0.496 e. The van der Waals surface area contributed by atoms with Gasteiger partial charge in [-0.15, -0.1) is 0 Å². The second-order valence-electron chi connectivity index (χ2n) is 5.40. The van der Waals surface area contributed by atoms with Gasteiger partial charge in [-0.2, -0.15) is 0 Å². The lowest BCUT2D eigenvalue weighted by Gasteiger charge is -2.20. The maximum absolute atomic E-state index is 12.7. The molecule has 2 unspecified atom stereocenters. The fourth-order valence-corrected chi connectivity index (χ4v) is 2.58. The Bertz CT molecular complexity index is 588. The smallest absolute Gasteiger partial charge is 0.259 e. The molecule has 1 aromatic carbocycles. The predicted octanol–water partition coefficient (Wildman–Crippen LogP) is -0.959. The molecule has 25 heavy (non-hydrogen) atoms. The summed E-state index contributed by atoms with van der Waals surface area (Å²) in [5.41, 5.74) is 6.05. The van der Waals surface area contributed by atoms with Crippen LogP contribution in [0.15, 0.2) is 18.2 Å². The van der Waals surface area contributed by atoms with Crippen LogP contribution in [0.25, 0.3) is 0 Å². The minimum absolute atomic E-state index is 0.223. The molecule has 1 fully saturated rings. The first kappa shape index (κ1) is 19.0. The molecule has 1 aliphatic heterocycles. The Morgan fingerprint density at radius 2 is 1.88 bits per heavy atom. The highest BCUT2D eigenvalue weighted by molar-refractivity contribution is 6.00. The number of ether oxygens (including phenoxy) is 3. The molecule has 0 radical (unpaired) electrons. The Labute approximate surface area is 146 Å². The molecule has 2 rings (SSSR count). The lowest BCUT2D eigenvalue weighted by atomic mass is 10.1. The van der Waals surface area contributed by atoms with Crippen LogP contribution in [0.4, 0.5) is 0 Å². The molecule has 9 nitrogen and oxygen atoms in total. The second-order valence-corrected chi connectivity index (χ2v) is 5.40. The molecule has 0 spiro atoms. The molecule has 0 bridgehead atoms. The summed E-state index contributed by atoms with van der Waals surface area (Å²) in [6.07, 6.45) is 0. The predicted molar refractivity (Wildman–Crippen MR) is 90.6 cm³/mol. The van der Waals surface area contributed by atoms with E-state index in [1.165, 1.54) is 14.2 Å². The van der Waals surface area contributed by atoms with Crippen molar-refractivity contribution >= 4 is 11.8 Å². The van der Waals surface area contributed by atoms with Gasteiger partial charge in [0.05, 0.1) is 26.9 Å². The molecule has 1 aromatic rings. The van der Waals surface area contributed by atoms with E-state index >= 15 is 0 Å². The molecule has 1 aliphatic rings. The van der Waals surface area contributed by atoms with Crippen LogP contribution >= 0.6 is 0 Å². The number of methoxy groups -OCH3 is 3. The van der Waals surface area contributed by atoms with Crippen molar-refractivity contribution in [3.05, 3.63) is 23.8 Å². The number of carbonyl (C=O) groups excluding carboxylic acids is 2. The summed E-state index contributed by atoms with van der Waals surface area (Å²) in [6.45, 7) is 1.22. The van der Waals surface area contributed by atoms with Gasteiger partial charge in [0.2, 0.25) is 5.91 Å². The average molecular weight is 352 g/mol. The third-order valence-electron chi connectivity index (χ3n) is 3.84. The third kappa shape index (κ3) is 4.59. The van der Waals surface area contributed by atoms with E-state index in [0.717, 1.165) is 0 Å². The van der Waals surface area contributed by atoms with Crippen LogP contribution in [0.1, 0.15) is 10.4 Å². The SMILES string of the molecule is COCCNC(=O)C1NNCC1NC(=O)c1c(OC)cccc1OC. The highest BCUT2D eigenvalue weighted by atomic mass is 16.5. The van der Waals surface area contributed by atoms with E-state index in [9.17, 15) is 9.59 Å². The highest BCUT2D eigenvalue weighted by Crippen LogP contribution is 2.28. The molecule has 0 saturated carbocycles. The van der Waals surface area contributed by atoms with Gasteiger partial charge in [-0.25, -0.2) is 5.43 Å². The van der Waals surface area contributed by atoms with Crippen molar-refractivity contribution in [1.29, 1.82) is 0 Å². The Morgan fingerprint density at radius 3 is 2.48 bits per heavy atom. The van der Waals surface area contributed by atoms with E-state index < -0.39 is 12.1 Å². The summed E-state index contributed by atoms with van der Waals surface area (Å²) >= 11 is 0. The van der Waals surface area contributed by atoms with Gasteiger partial charge in [0.15, 0.2) is 0 Å². The first-order valence-electron chi connectivity index (χ1n) is 7.89. The molecule has 2 amide bonds. The zero-order valence-electron chi connectivity index (χ0n) is 14.5. The van der Waals surface area contributed by atoms with Gasteiger partial charge in [-0.05, 0) is 12.1 Å². The van der Waals surface area contributed by atoms with Crippen LogP contribution in [-0.4, -0.2) is 64.9 Å².